The van der Waals surface area contributed by atoms with Crippen molar-refractivity contribution in [1.82, 2.24) is 4.98 Å². The largest absolute Gasteiger partial charge is 0.296 e. The van der Waals surface area contributed by atoms with E-state index in [1.807, 2.05) is 30.3 Å². The van der Waals surface area contributed by atoms with Crippen molar-refractivity contribution in [2.45, 2.75) is 11.8 Å². The molecule has 0 saturated carbocycles. The van der Waals surface area contributed by atoms with Gasteiger partial charge in [0.05, 0.1) is 10.2 Å². The second-order valence-electron chi connectivity index (χ2n) is 4.42. The molecule has 0 aliphatic rings. The predicted octanol–water partition coefficient (Wildman–Crippen LogP) is 3.52. The summed E-state index contributed by atoms with van der Waals surface area (Å²) in [6.45, 7) is 1.66. The van der Waals surface area contributed by atoms with E-state index in [9.17, 15) is 13.0 Å². The highest BCUT2D eigenvalue weighted by molar-refractivity contribution is 7.86. The zero-order chi connectivity index (χ0) is 14.3. The Labute approximate surface area is 120 Å². The van der Waals surface area contributed by atoms with Gasteiger partial charge in [-0.15, -0.1) is 11.3 Å². The first-order chi connectivity index (χ1) is 9.47. The first kappa shape index (κ1) is 13.2. The van der Waals surface area contributed by atoms with Crippen LogP contribution in [0.2, 0.25) is 0 Å². The molecule has 0 atom stereocenters. The molecule has 0 bridgehead atoms. The number of hydrogen-bond acceptors (Lipinski definition) is 4. The van der Waals surface area contributed by atoms with E-state index in [0.29, 0.717) is 15.8 Å². The van der Waals surface area contributed by atoms with Gasteiger partial charge in [0.25, 0.3) is 10.1 Å². The number of fused-ring (bicyclic) bond motifs is 1. The number of aromatic nitrogens is 1. The fourth-order valence-corrected chi connectivity index (χ4v) is 4.41. The van der Waals surface area contributed by atoms with E-state index in [-0.39, 0.29) is 4.90 Å². The van der Waals surface area contributed by atoms with E-state index < -0.39 is 10.1 Å². The van der Waals surface area contributed by atoms with E-state index in [1.54, 1.807) is 19.1 Å². The Morgan fingerprint density at radius 1 is 1.10 bits per heavy atom. The lowest BCUT2D eigenvalue weighted by Gasteiger charge is -2.02. The van der Waals surface area contributed by atoms with Crippen molar-refractivity contribution in [3.63, 3.8) is 0 Å². The summed E-state index contributed by atoms with van der Waals surface area (Å²) in [7, 11) is -4.26. The van der Waals surface area contributed by atoms with Crippen molar-refractivity contribution >= 4 is 31.7 Å². The SMILES string of the molecule is Cc1ccc2nc(-c3ccccc3)sc2c1S(=O)(=O)O. The number of nitrogens with zero attached hydrogens (tertiary/aromatic N) is 1. The fourth-order valence-electron chi connectivity index (χ4n) is 2.09. The first-order valence-electron chi connectivity index (χ1n) is 5.90. The lowest BCUT2D eigenvalue weighted by molar-refractivity contribution is 0.484. The number of thiazole rings is 1. The Bertz CT molecular complexity index is 883. The summed E-state index contributed by atoms with van der Waals surface area (Å²) in [4.78, 5) is 4.39. The molecule has 0 aliphatic carbocycles. The summed E-state index contributed by atoms with van der Waals surface area (Å²) >= 11 is 1.27. The van der Waals surface area contributed by atoms with Gasteiger partial charge in [-0.2, -0.15) is 8.42 Å². The normalized spacial score (nSPS) is 11.9. The molecule has 1 heterocycles. The minimum absolute atomic E-state index is 0.0466. The third-order valence-corrected chi connectivity index (χ3v) is 5.30. The minimum atomic E-state index is -4.26. The van der Waals surface area contributed by atoms with E-state index in [1.165, 1.54) is 11.3 Å². The number of benzene rings is 2. The van der Waals surface area contributed by atoms with Crippen molar-refractivity contribution < 1.29 is 13.0 Å². The Kier molecular flexibility index (Phi) is 3.08. The van der Waals surface area contributed by atoms with Crippen LogP contribution < -0.4 is 0 Å². The number of hydrogen-bond donors (Lipinski definition) is 1. The maximum Gasteiger partial charge on any atom is 0.296 e. The van der Waals surface area contributed by atoms with Gasteiger partial charge in [-0.1, -0.05) is 36.4 Å². The molecule has 3 aromatic rings. The molecular weight excluding hydrogens is 294 g/mol. The van der Waals surface area contributed by atoms with Crippen LogP contribution in [0, 0.1) is 6.92 Å². The van der Waals surface area contributed by atoms with Crippen molar-refractivity contribution in [3.05, 3.63) is 48.0 Å². The molecule has 20 heavy (non-hydrogen) atoms. The zero-order valence-corrected chi connectivity index (χ0v) is 12.2. The van der Waals surface area contributed by atoms with Crippen LogP contribution in [0.1, 0.15) is 5.56 Å². The molecule has 0 radical (unpaired) electrons. The molecule has 4 nitrogen and oxygen atoms in total. The standard InChI is InChI=1S/C14H11NO3S2/c1-9-7-8-11-12(13(9)20(16,17)18)19-14(15-11)10-5-3-2-4-6-10/h2-8H,1H3,(H,16,17,18). The third kappa shape index (κ3) is 2.22. The van der Waals surface area contributed by atoms with Crippen LogP contribution in [0.4, 0.5) is 0 Å². The maximum atomic E-state index is 11.5. The maximum absolute atomic E-state index is 11.5. The van der Waals surface area contributed by atoms with Crippen molar-refractivity contribution in [1.29, 1.82) is 0 Å². The van der Waals surface area contributed by atoms with Crippen molar-refractivity contribution in [2.24, 2.45) is 0 Å². The summed E-state index contributed by atoms with van der Waals surface area (Å²) in [6, 6.07) is 13.0. The van der Waals surface area contributed by atoms with Gasteiger partial charge >= 0.3 is 0 Å². The minimum Gasteiger partial charge on any atom is -0.282 e. The summed E-state index contributed by atoms with van der Waals surface area (Å²) in [5, 5.41) is 0.733. The zero-order valence-electron chi connectivity index (χ0n) is 10.6. The van der Waals surface area contributed by atoms with Gasteiger partial charge in [0.2, 0.25) is 0 Å². The van der Waals surface area contributed by atoms with E-state index in [4.69, 9.17) is 0 Å². The van der Waals surface area contributed by atoms with Crippen LogP contribution >= 0.6 is 11.3 Å². The van der Waals surface area contributed by atoms with Crippen LogP contribution in [0.3, 0.4) is 0 Å². The molecule has 3 rings (SSSR count). The highest BCUT2D eigenvalue weighted by Crippen LogP contribution is 2.35. The van der Waals surface area contributed by atoms with Gasteiger partial charge < -0.3 is 0 Å². The predicted molar refractivity (Wildman–Crippen MR) is 79.6 cm³/mol. The second kappa shape index (κ2) is 4.66. The lowest BCUT2D eigenvalue weighted by Crippen LogP contribution is -2.00. The van der Waals surface area contributed by atoms with Crippen molar-refractivity contribution in [2.75, 3.05) is 0 Å². The highest BCUT2D eigenvalue weighted by atomic mass is 32.2. The number of aryl methyl sites for hydroxylation is 1. The van der Waals surface area contributed by atoms with Gasteiger partial charge in [0.15, 0.2) is 0 Å². The summed E-state index contributed by atoms with van der Waals surface area (Å²) < 4.78 is 33.0. The second-order valence-corrected chi connectivity index (χ2v) is 6.78. The lowest BCUT2D eigenvalue weighted by atomic mass is 10.2. The fraction of sp³-hybridized carbons (Fsp3) is 0.0714. The monoisotopic (exact) mass is 305 g/mol. The topological polar surface area (TPSA) is 67.3 Å². The van der Waals surface area contributed by atoms with Gasteiger partial charge in [-0.25, -0.2) is 4.98 Å². The molecule has 1 N–H and O–H groups in total. The van der Waals surface area contributed by atoms with E-state index >= 15 is 0 Å². The average Bonchev–Trinajstić information content (AvgIpc) is 2.81. The van der Waals surface area contributed by atoms with Crippen LogP contribution in [0.15, 0.2) is 47.4 Å². The molecule has 1 aromatic heterocycles. The molecule has 0 aliphatic heterocycles. The van der Waals surface area contributed by atoms with Crippen LogP contribution in [0.5, 0.6) is 0 Å². The molecule has 0 amide bonds. The highest BCUT2D eigenvalue weighted by Gasteiger charge is 2.20. The summed E-state index contributed by atoms with van der Waals surface area (Å²) in [5.41, 5.74) is 2.02. The molecule has 0 spiro atoms. The molecule has 6 heteroatoms. The smallest absolute Gasteiger partial charge is 0.282 e. The number of rotatable bonds is 2. The van der Waals surface area contributed by atoms with Gasteiger partial charge in [-0.05, 0) is 18.6 Å². The quantitative estimate of drug-likeness (QED) is 0.736. The Balaban J connectivity index is 2.33. The molecule has 0 saturated heterocycles. The van der Waals surface area contributed by atoms with Crippen LogP contribution in [-0.4, -0.2) is 18.0 Å². The molecule has 0 unspecified atom stereocenters. The van der Waals surface area contributed by atoms with Gasteiger partial charge in [0, 0.05) is 5.56 Å². The van der Waals surface area contributed by atoms with E-state index in [0.717, 1.165) is 10.6 Å². The van der Waals surface area contributed by atoms with Crippen LogP contribution in [-0.2, 0) is 10.1 Å². The Morgan fingerprint density at radius 3 is 2.45 bits per heavy atom. The molecule has 0 fully saturated rings. The van der Waals surface area contributed by atoms with E-state index in [2.05, 4.69) is 4.98 Å². The molecule has 102 valence electrons. The van der Waals surface area contributed by atoms with Gasteiger partial charge in [0.1, 0.15) is 9.90 Å². The summed E-state index contributed by atoms with van der Waals surface area (Å²) in [5.74, 6) is 0. The Hall–Kier alpha value is -1.76. The summed E-state index contributed by atoms with van der Waals surface area (Å²) in [6.07, 6.45) is 0. The van der Waals surface area contributed by atoms with Crippen LogP contribution in [0.25, 0.3) is 20.8 Å². The van der Waals surface area contributed by atoms with Crippen molar-refractivity contribution in [3.8, 4) is 10.6 Å². The molecular formula is C14H11NO3S2. The molecule has 2 aromatic carbocycles. The average molecular weight is 305 g/mol. The van der Waals surface area contributed by atoms with Gasteiger partial charge in [-0.3, -0.25) is 4.55 Å². The third-order valence-electron chi connectivity index (χ3n) is 2.99. The Morgan fingerprint density at radius 2 is 1.80 bits per heavy atom. The first-order valence-corrected chi connectivity index (χ1v) is 8.15.